The van der Waals surface area contributed by atoms with Crippen LogP contribution >= 0.6 is 23.2 Å². The molecule has 114 valence electrons. The van der Waals surface area contributed by atoms with E-state index in [2.05, 4.69) is 10.6 Å². The Morgan fingerprint density at radius 2 is 1.90 bits per heavy atom. The number of hydrogen-bond donors (Lipinski definition) is 3. The van der Waals surface area contributed by atoms with Crippen LogP contribution in [-0.2, 0) is 4.79 Å². The van der Waals surface area contributed by atoms with Gasteiger partial charge in [0.1, 0.15) is 0 Å². The molecule has 1 aromatic rings. The molecule has 0 radical (unpaired) electrons. The van der Waals surface area contributed by atoms with Crippen LogP contribution in [0.4, 0.5) is 10.5 Å². The number of benzene rings is 1. The number of halogens is 2. The minimum Gasteiger partial charge on any atom is -0.481 e. The number of aliphatic carboxylic acids is 1. The summed E-state index contributed by atoms with van der Waals surface area (Å²) in [7, 11) is 0. The van der Waals surface area contributed by atoms with E-state index in [4.69, 9.17) is 28.3 Å². The van der Waals surface area contributed by atoms with Gasteiger partial charge in [0.2, 0.25) is 0 Å². The van der Waals surface area contributed by atoms with E-state index in [1.54, 1.807) is 18.2 Å². The Labute approximate surface area is 132 Å². The summed E-state index contributed by atoms with van der Waals surface area (Å²) in [5.41, 5.74) is -0.286. The van der Waals surface area contributed by atoms with Crippen molar-refractivity contribution in [1.29, 1.82) is 0 Å². The molecule has 0 atom stereocenters. The second-order valence-corrected chi connectivity index (χ2v) is 6.02. The highest BCUT2D eigenvalue weighted by Crippen LogP contribution is 2.33. The summed E-state index contributed by atoms with van der Waals surface area (Å²) in [5.74, 6) is -0.919. The number of hydrogen-bond acceptors (Lipinski definition) is 2. The van der Waals surface area contributed by atoms with E-state index in [-0.39, 0.29) is 11.4 Å². The van der Waals surface area contributed by atoms with Gasteiger partial charge in [0.05, 0.1) is 27.7 Å². The van der Waals surface area contributed by atoms with Gasteiger partial charge in [0.25, 0.3) is 0 Å². The molecule has 2 rings (SSSR count). The Morgan fingerprint density at radius 3 is 2.52 bits per heavy atom. The summed E-state index contributed by atoms with van der Waals surface area (Å²) in [6, 6.07) is 4.46. The molecular weight excluding hydrogens is 315 g/mol. The molecule has 0 unspecified atom stereocenters. The fraction of sp³-hybridized carbons (Fsp3) is 0.429. The number of carbonyl (C=O) groups is 2. The maximum absolute atomic E-state index is 12.1. The molecule has 1 aliphatic carbocycles. The van der Waals surface area contributed by atoms with E-state index in [0.29, 0.717) is 23.6 Å². The van der Waals surface area contributed by atoms with Crippen molar-refractivity contribution in [1.82, 2.24) is 5.32 Å². The predicted molar refractivity (Wildman–Crippen MR) is 82.1 cm³/mol. The number of amides is 2. The standard InChI is InChI=1S/C14H16Cl2N2O3/c15-9-4-3-5-10(12(9)16)17-13(21)18-14(8-11(19)20)6-1-2-7-14/h3-5H,1-2,6-8H2,(H,19,20)(H2,17,18,21). The molecule has 0 saturated heterocycles. The predicted octanol–water partition coefficient (Wildman–Crippen LogP) is 3.90. The highest BCUT2D eigenvalue weighted by Gasteiger charge is 2.37. The van der Waals surface area contributed by atoms with Crippen LogP contribution in [0.5, 0.6) is 0 Å². The Balaban J connectivity index is 2.06. The number of carboxylic acids is 1. The molecule has 7 heteroatoms. The minimum absolute atomic E-state index is 0.0797. The summed E-state index contributed by atoms with van der Waals surface area (Å²) in [4.78, 5) is 23.1. The average molecular weight is 331 g/mol. The number of carbonyl (C=O) groups excluding carboxylic acids is 1. The van der Waals surface area contributed by atoms with Gasteiger partial charge in [-0.15, -0.1) is 0 Å². The normalized spacial score (nSPS) is 16.5. The van der Waals surface area contributed by atoms with Crippen LogP contribution in [0.25, 0.3) is 0 Å². The third kappa shape index (κ3) is 4.02. The molecule has 1 aliphatic rings. The molecular formula is C14H16Cl2N2O3. The fourth-order valence-corrected chi connectivity index (χ4v) is 3.03. The number of anilines is 1. The lowest BCUT2D eigenvalue weighted by Crippen LogP contribution is -2.49. The molecule has 2 amide bonds. The zero-order valence-corrected chi connectivity index (χ0v) is 12.8. The van der Waals surface area contributed by atoms with Crippen molar-refractivity contribution in [3.63, 3.8) is 0 Å². The SMILES string of the molecule is O=C(O)CC1(NC(=O)Nc2cccc(Cl)c2Cl)CCCC1. The number of urea groups is 1. The lowest BCUT2D eigenvalue weighted by Gasteiger charge is -2.28. The Hall–Kier alpha value is -1.46. The monoisotopic (exact) mass is 330 g/mol. The van der Waals surface area contributed by atoms with E-state index in [1.807, 2.05) is 0 Å². The number of rotatable bonds is 4. The first-order valence-electron chi connectivity index (χ1n) is 6.67. The zero-order valence-electron chi connectivity index (χ0n) is 11.3. The smallest absolute Gasteiger partial charge is 0.319 e. The van der Waals surface area contributed by atoms with Crippen LogP contribution in [0.2, 0.25) is 10.0 Å². The molecule has 3 N–H and O–H groups in total. The van der Waals surface area contributed by atoms with E-state index in [0.717, 1.165) is 12.8 Å². The van der Waals surface area contributed by atoms with Crippen molar-refractivity contribution >= 4 is 40.9 Å². The quantitative estimate of drug-likeness (QED) is 0.783. The van der Waals surface area contributed by atoms with Crippen LogP contribution in [0.3, 0.4) is 0 Å². The molecule has 0 bridgehead atoms. The summed E-state index contributed by atoms with van der Waals surface area (Å²) < 4.78 is 0. The molecule has 5 nitrogen and oxygen atoms in total. The molecule has 0 aliphatic heterocycles. The summed E-state index contributed by atoms with van der Waals surface area (Å²) in [6.45, 7) is 0. The summed E-state index contributed by atoms with van der Waals surface area (Å²) in [6.07, 6.45) is 3.06. The molecule has 21 heavy (non-hydrogen) atoms. The second-order valence-electron chi connectivity index (χ2n) is 5.24. The third-order valence-electron chi connectivity index (χ3n) is 3.63. The van der Waals surface area contributed by atoms with E-state index in [9.17, 15) is 9.59 Å². The van der Waals surface area contributed by atoms with Gasteiger partial charge in [-0.05, 0) is 25.0 Å². The maximum atomic E-state index is 12.1. The minimum atomic E-state index is -0.919. The van der Waals surface area contributed by atoms with Gasteiger partial charge in [-0.25, -0.2) is 4.79 Å². The van der Waals surface area contributed by atoms with Crippen LogP contribution < -0.4 is 10.6 Å². The van der Waals surface area contributed by atoms with Crippen molar-refractivity contribution in [2.75, 3.05) is 5.32 Å². The van der Waals surface area contributed by atoms with Gasteiger partial charge in [0.15, 0.2) is 0 Å². The van der Waals surface area contributed by atoms with Crippen molar-refractivity contribution < 1.29 is 14.7 Å². The Morgan fingerprint density at radius 1 is 1.24 bits per heavy atom. The van der Waals surface area contributed by atoms with Crippen LogP contribution in [-0.4, -0.2) is 22.6 Å². The largest absolute Gasteiger partial charge is 0.481 e. The molecule has 1 aromatic carbocycles. The van der Waals surface area contributed by atoms with Crippen LogP contribution in [0.15, 0.2) is 18.2 Å². The van der Waals surface area contributed by atoms with E-state index < -0.39 is 17.5 Å². The topological polar surface area (TPSA) is 78.4 Å². The third-order valence-corrected chi connectivity index (χ3v) is 4.45. The van der Waals surface area contributed by atoms with Crippen molar-refractivity contribution in [2.24, 2.45) is 0 Å². The van der Waals surface area contributed by atoms with Gasteiger partial charge >= 0.3 is 12.0 Å². The number of carboxylic acid groups (broad SMARTS) is 1. The van der Waals surface area contributed by atoms with Gasteiger partial charge in [0, 0.05) is 0 Å². The fourth-order valence-electron chi connectivity index (χ4n) is 2.68. The summed E-state index contributed by atoms with van der Waals surface area (Å²) in [5, 5.41) is 15.0. The number of nitrogens with one attached hydrogen (secondary N) is 2. The van der Waals surface area contributed by atoms with Crippen molar-refractivity contribution in [3.8, 4) is 0 Å². The van der Waals surface area contributed by atoms with Crippen LogP contribution in [0.1, 0.15) is 32.1 Å². The first-order valence-corrected chi connectivity index (χ1v) is 7.42. The molecule has 0 aromatic heterocycles. The molecule has 0 spiro atoms. The Bertz CT molecular complexity index is 557. The molecule has 1 saturated carbocycles. The van der Waals surface area contributed by atoms with Crippen molar-refractivity contribution in [3.05, 3.63) is 28.2 Å². The second kappa shape index (κ2) is 6.54. The average Bonchev–Trinajstić information content (AvgIpc) is 2.82. The van der Waals surface area contributed by atoms with E-state index >= 15 is 0 Å². The molecule has 1 fully saturated rings. The van der Waals surface area contributed by atoms with Gasteiger partial charge in [-0.2, -0.15) is 0 Å². The first kappa shape index (κ1) is 15.9. The van der Waals surface area contributed by atoms with Crippen LogP contribution in [0, 0.1) is 0 Å². The van der Waals surface area contributed by atoms with E-state index in [1.165, 1.54) is 0 Å². The highest BCUT2D eigenvalue weighted by atomic mass is 35.5. The van der Waals surface area contributed by atoms with Gasteiger partial charge in [-0.1, -0.05) is 42.1 Å². The first-order chi connectivity index (χ1) is 9.92. The zero-order chi connectivity index (χ0) is 15.5. The maximum Gasteiger partial charge on any atom is 0.319 e. The Kier molecular flexibility index (Phi) is 4.96. The van der Waals surface area contributed by atoms with Crippen molar-refractivity contribution in [2.45, 2.75) is 37.6 Å². The van der Waals surface area contributed by atoms with Gasteiger partial charge < -0.3 is 15.7 Å². The summed E-state index contributed by atoms with van der Waals surface area (Å²) >= 11 is 11.9. The molecule has 0 heterocycles. The van der Waals surface area contributed by atoms with Gasteiger partial charge in [-0.3, -0.25) is 4.79 Å². The highest BCUT2D eigenvalue weighted by molar-refractivity contribution is 6.43. The lowest BCUT2D eigenvalue weighted by atomic mass is 9.93. The lowest BCUT2D eigenvalue weighted by molar-refractivity contribution is -0.138.